The first-order valence-electron chi connectivity index (χ1n) is 10.7. The van der Waals surface area contributed by atoms with Crippen LogP contribution in [0, 0.1) is 12.8 Å². The highest BCUT2D eigenvalue weighted by Crippen LogP contribution is 2.28. The van der Waals surface area contributed by atoms with E-state index in [-0.39, 0.29) is 24.7 Å². The SMILES string of the molecule is Cc1nnc(-c2cc3cc(CC(=O)N4CCC(CCCC(F)(F)F)CC4)ncc3cn2)s1. The Kier molecular flexibility index (Phi) is 6.68. The topological polar surface area (TPSA) is 71.9 Å². The number of aromatic nitrogens is 4. The fourth-order valence-electron chi connectivity index (χ4n) is 4.03. The predicted molar refractivity (Wildman–Crippen MR) is 116 cm³/mol. The van der Waals surface area contributed by atoms with Crippen molar-refractivity contribution in [3.8, 4) is 10.7 Å². The van der Waals surface area contributed by atoms with Crippen molar-refractivity contribution in [3.63, 3.8) is 0 Å². The Bertz CT molecular complexity index is 1090. The van der Waals surface area contributed by atoms with Gasteiger partial charge in [0.15, 0.2) is 5.01 Å². The monoisotopic (exact) mass is 463 g/mol. The average Bonchev–Trinajstić information content (AvgIpc) is 3.19. The van der Waals surface area contributed by atoms with E-state index in [4.69, 9.17) is 0 Å². The number of alkyl halides is 3. The largest absolute Gasteiger partial charge is 0.389 e. The van der Waals surface area contributed by atoms with Crippen LogP contribution in [0.4, 0.5) is 13.2 Å². The number of hydrogen-bond acceptors (Lipinski definition) is 6. The molecule has 0 radical (unpaired) electrons. The Labute approximate surface area is 187 Å². The molecule has 1 amide bonds. The first-order valence-corrected chi connectivity index (χ1v) is 11.5. The second-order valence-electron chi connectivity index (χ2n) is 8.23. The normalized spacial score (nSPS) is 15.4. The predicted octanol–water partition coefficient (Wildman–Crippen LogP) is 4.97. The van der Waals surface area contributed by atoms with Crippen molar-refractivity contribution in [2.24, 2.45) is 5.92 Å². The van der Waals surface area contributed by atoms with E-state index in [1.165, 1.54) is 11.3 Å². The van der Waals surface area contributed by atoms with E-state index >= 15 is 0 Å². The smallest absolute Gasteiger partial charge is 0.342 e. The zero-order valence-electron chi connectivity index (χ0n) is 17.7. The molecule has 3 aromatic rings. The zero-order chi connectivity index (χ0) is 22.7. The summed E-state index contributed by atoms with van der Waals surface area (Å²) >= 11 is 1.47. The van der Waals surface area contributed by atoms with E-state index < -0.39 is 12.6 Å². The number of rotatable bonds is 6. The molecule has 4 heterocycles. The van der Waals surface area contributed by atoms with Gasteiger partial charge in [0.05, 0.1) is 12.1 Å². The number of likely N-dealkylation sites (tertiary alicyclic amines) is 1. The third kappa shape index (κ3) is 5.79. The molecule has 0 bridgehead atoms. The molecule has 0 N–H and O–H groups in total. The van der Waals surface area contributed by atoms with E-state index in [9.17, 15) is 18.0 Å². The van der Waals surface area contributed by atoms with Crippen molar-refractivity contribution in [1.82, 2.24) is 25.1 Å². The van der Waals surface area contributed by atoms with E-state index in [2.05, 4.69) is 20.2 Å². The first-order chi connectivity index (χ1) is 15.3. The molecule has 1 saturated heterocycles. The van der Waals surface area contributed by atoms with Crippen LogP contribution in [0.2, 0.25) is 0 Å². The number of aryl methyl sites for hydroxylation is 1. The van der Waals surface area contributed by atoms with Gasteiger partial charge in [-0.25, -0.2) is 0 Å². The molecule has 170 valence electrons. The quantitative estimate of drug-likeness (QED) is 0.516. The van der Waals surface area contributed by atoms with Crippen LogP contribution in [0.1, 0.15) is 42.8 Å². The number of carbonyl (C=O) groups excluding carboxylic acids is 1. The maximum Gasteiger partial charge on any atom is 0.389 e. The van der Waals surface area contributed by atoms with Crippen LogP contribution < -0.4 is 0 Å². The molecule has 3 aromatic heterocycles. The van der Waals surface area contributed by atoms with Gasteiger partial charge < -0.3 is 4.90 Å². The minimum absolute atomic E-state index is 0.000352. The molecule has 0 aromatic carbocycles. The van der Waals surface area contributed by atoms with Gasteiger partial charge in [-0.2, -0.15) is 13.2 Å². The van der Waals surface area contributed by atoms with Crippen LogP contribution >= 0.6 is 11.3 Å². The molecule has 0 spiro atoms. The van der Waals surface area contributed by atoms with Gasteiger partial charge in [0, 0.05) is 37.3 Å². The molecule has 1 fully saturated rings. The van der Waals surface area contributed by atoms with Crippen LogP contribution in [0.25, 0.3) is 21.5 Å². The lowest BCUT2D eigenvalue weighted by molar-refractivity contribution is -0.136. The number of fused-ring (bicyclic) bond motifs is 1. The van der Waals surface area contributed by atoms with E-state index in [0.717, 1.165) is 39.3 Å². The number of pyridine rings is 2. The molecule has 10 heteroatoms. The van der Waals surface area contributed by atoms with Gasteiger partial charge in [-0.15, -0.1) is 10.2 Å². The molecule has 32 heavy (non-hydrogen) atoms. The summed E-state index contributed by atoms with van der Waals surface area (Å²) in [5.74, 6) is 0.259. The minimum atomic E-state index is -4.09. The number of nitrogens with zero attached hydrogens (tertiary/aromatic N) is 5. The number of hydrogen-bond donors (Lipinski definition) is 0. The first kappa shape index (κ1) is 22.6. The number of carbonyl (C=O) groups is 1. The Morgan fingerprint density at radius 2 is 1.88 bits per heavy atom. The van der Waals surface area contributed by atoms with Gasteiger partial charge in [0.25, 0.3) is 0 Å². The van der Waals surface area contributed by atoms with E-state index in [0.29, 0.717) is 25.2 Å². The van der Waals surface area contributed by atoms with Crippen LogP contribution in [0.15, 0.2) is 24.5 Å². The Balaban J connectivity index is 1.34. The van der Waals surface area contributed by atoms with Crippen molar-refractivity contribution in [2.75, 3.05) is 13.1 Å². The minimum Gasteiger partial charge on any atom is -0.342 e. The van der Waals surface area contributed by atoms with Crippen molar-refractivity contribution in [1.29, 1.82) is 0 Å². The molecule has 4 rings (SSSR count). The lowest BCUT2D eigenvalue weighted by Gasteiger charge is -2.32. The van der Waals surface area contributed by atoms with Crippen LogP contribution in [-0.4, -0.2) is 50.2 Å². The molecule has 1 aliphatic heterocycles. The van der Waals surface area contributed by atoms with Crippen LogP contribution in [0.5, 0.6) is 0 Å². The van der Waals surface area contributed by atoms with Gasteiger partial charge >= 0.3 is 6.18 Å². The average molecular weight is 464 g/mol. The molecule has 0 atom stereocenters. The Morgan fingerprint density at radius 3 is 2.56 bits per heavy atom. The van der Waals surface area contributed by atoms with Gasteiger partial charge in [-0.05, 0) is 56.0 Å². The van der Waals surface area contributed by atoms with Crippen molar-refractivity contribution in [2.45, 2.75) is 51.6 Å². The summed E-state index contributed by atoms with van der Waals surface area (Å²) in [6.45, 7) is 3.07. The van der Waals surface area contributed by atoms with Crippen molar-refractivity contribution >= 4 is 28.0 Å². The molecule has 0 aliphatic carbocycles. The van der Waals surface area contributed by atoms with Gasteiger partial charge in [0.2, 0.25) is 5.91 Å². The standard InChI is InChI=1S/C22H24F3N5OS/c1-14-28-29-21(32-14)19-10-16-9-18(26-12-17(16)13-27-19)11-20(31)30-7-4-15(5-8-30)3-2-6-22(23,24)25/h9-10,12-13,15H,2-8,11H2,1H3. The summed E-state index contributed by atoms with van der Waals surface area (Å²) in [6.07, 6.45) is 1.08. The van der Waals surface area contributed by atoms with Crippen LogP contribution in [0.3, 0.4) is 0 Å². The number of piperidine rings is 1. The summed E-state index contributed by atoms with van der Waals surface area (Å²) in [7, 11) is 0. The summed E-state index contributed by atoms with van der Waals surface area (Å²) in [5, 5.41) is 11.6. The van der Waals surface area contributed by atoms with Crippen molar-refractivity contribution < 1.29 is 18.0 Å². The second kappa shape index (κ2) is 9.48. The molecular weight excluding hydrogens is 439 g/mol. The van der Waals surface area contributed by atoms with E-state index in [1.54, 1.807) is 17.3 Å². The number of halogens is 3. The lowest BCUT2D eigenvalue weighted by atomic mass is 9.91. The fourth-order valence-corrected chi connectivity index (χ4v) is 4.69. The maximum absolute atomic E-state index is 12.8. The second-order valence-corrected chi connectivity index (χ2v) is 9.41. The van der Waals surface area contributed by atoms with Gasteiger partial charge in [0.1, 0.15) is 10.7 Å². The van der Waals surface area contributed by atoms with Crippen molar-refractivity contribution in [3.05, 3.63) is 35.2 Å². The Morgan fingerprint density at radius 1 is 1.12 bits per heavy atom. The molecule has 6 nitrogen and oxygen atoms in total. The molecule has 0 unspecified atom stereocenters. The summed E-state index contributed by atoms with van der Waals surface area (Å²) < 4.78 is 37.0. The third-order valence-corrected chi connectivity index (χ3v) is 6.64. The molecule has 0 saturated carbocycles. The highest BCUT2D eigenvalue weighted by atomic mass is 32.1. The summed E-state index contributed by atoms with van der Waals surface area (Å²) in [6, 6.07) is 3.83. The fraction of sp³-hybridized carbons (Fsp3) is 0.500. The summed E-state index contributed by atoms with van der Waals surface area (Å²) in [4.78, 5) is 23.4. The molecule has 1 aliphatic rings. The van der Waals surface area contributed by atoms with Crippen LogP contribution in [-0.2, 0) is 11.2 Å². The van der Waals surface area contributed by atoms with Gasteiger partial charge in [-0.3, -0.25) is 14.8 Å². The zero-order valence-corrected chi connectivity index (χ0v) is 18.5. The highest BCUT2D eigenvalue weighted by molar-refractivity contribution is 7.14. The summed E-state index contributed by atoms with van der Waals surface area (Å²) in [5.41, 5.74) is 1.42. The molecular formula is C22H24F3N5OS. The third-order valence-electron chi connectivity index (χ3n) is 5.78. The lowest BCUT2D eigenvalue weighted by Crippen LogP contribution is -2.39. The highest BCUT2D eigenvalue weighted by Gasteiger charge is 2.28. The Hall–Kier alpha value is -2.62. The maximum atomic E-state index is 12.8. The van der Waals surface area contributed by atoms with Gasteiger partial charge in [-0.1, -0.05) is 11.3 Å². The van der Waals surface area contributed by atoms with E-state index in [1.807, 2.05) is 19.1 Å². The number of amides is 1.